The molecule has 2 aliphatic rings. The zero-order valence-corrected chi connectivity index (χ0v) is 13.8. The molecule has 0 amide bonds. The van der Waals surface area contributed by atoms with Gasteiger partial charge in [-0.05, 0) is 43.9 Å². The van der Waals surface area contributed by atoms with E-state index in [0.29, 0.717) is 31.0 Å². The number of alkyl halides is 3. The topological polar surface area (TPSA) is 58.2 Å². The zero-order valence-electron chi connectivity index (χ0n) is 12.1. The minimum atomic E-state index is -4.56. The molecule has 2 unspecified atom stereocenters. The Balaban J connectivity index is 0.00000192. The average Bonchev–Trinajstić information content (AvgIpc) is 2.77. The molecule has 4 nitrogen and oxygen atoms in total. The largest absolute Gasteiger partial charge is 0.416 e. The van der Waals surface area contributed by atoms with Crippen LogP contribution in [-0.4, -0.2) is 26.5 Å². The molecule has 130 valence electrons. The summed E-state index contributed by atoms with van der Waals surface area (Å²) in [6.07, 6.45) is -1.16. The van der Waals surface area contributed by atoms with Crippen LogP contribution < -0.4 is 10.0 Å². The molecule has 2 N–H and O–H groups in total. The van der Waals surface area contributed by atoms with Gasteiger partial charge in [-0.3, -0.25) is 0 Å². The van der Waals surface area contributed by atoms with Gasteiger partial charge in [0.1, 0.15) is 0 Å². The zero-order chi connectivity index (χ0) is 16.0. The third kappa shape index (κ3) is 4.17. The summed E-state index contributed by atoms with van der Waals surface area (Å²) in [6.45, 7) is 0. The third-order valence-corrected chi connectivity index (χ3v) is 5.78. The summed E-state index contributed by atoms with van der Waals surface area (Å²) < 4.78 is 65.3. The lowest BCUT2D eigenvalue weighted by Gasteiger charge is -2.29. The van der Waals surface area contributed by atoms with Crippen molar-refractivity contribution in [3.05, 3.63) is 29.8 Å². The summed E-state index contributed by atoms with van der Waals surface area (Å²) in [4.78, 5) is -0.340. The second kappa shape index (κ2) is 6.58. The molecule has 2 heterocycles. The van der Waals surface area contributed by atoms with Crippen LogP contribution in [0.15, 0.2) is 29.2 Å². The second-order valence-corrected chi connectivity index (χ2v) is 7.67. The molecule has 1 aromatic rings. The van der Waals surface area contributed by atoms with Gasteiger partial charge >= 0.3 is 6.18 Å². The molecular formula is C14H18ClF3N2O2S. The molecule has 23 heavy (non-hydrogen) atoms. The van der Waals surface area contributed by atoms with Gasteiger partial charge in [-0.25, -0.2) is 13.1 Å². The molecule has 1 aromatic carbocycles. The highest BCUT2D eigenvalue weighted by molar-refractivity contribution is 7.89. The molecule has 3 rings (SSSR count). The lowest BCUT2D eigenvalue weighted by atomic mass is 10.0. The molecule has 2 fully saturated rings. The molecule has 0 aromatic heterocycles. The maximum Gasteiger partial charge on any atom is 0.416 e. The molecule has 0 spiro atoms. The normalized spacial score (nSPS) is 27.5. The van der Waals surface area contributed by atoms with Gasteiger partial charge in [-0.1, -0.05) is 6.07 Å². The van der Waals surface area contributed by atoms with Crippen molar-refractivity contribution >= 4 is 22.4 Å². The van der Waals surface area contributed by atoms with E-state index < -0.39 is 21.8 Å². The average molecular weight is 371 g/mol. The smallest absolute Gasteiger partial charge is 0.311 e. The molecule has 2 bridgehead atoms. The Morgan fingerprint density at radius 3 is 2.30 bits per heavy atom. The van der Waals surface area contributed by atoms with Gasteiger partial charge in [0.25, 0.3) is 0 Å². The maximum absolute atomic E-state index is 12.7. The van der Waals surface area contributed by atoms with Crippen LogP contribution in [0.2, 0.25) is 0 Å². The Morgan fingerprint density at radius 2 is 1.74 bits per heavy atom. The van der Waals surface area contributed by atoms with Gasteiger partial charge in [-0.15, -0.1) is 12.4 Å². The number of benzene rings is 1. The van der Waals surface area contributed by atoms with E-state index in [1.807, 2.05) is 0 Å². The van der Waals surface area contributed by atoms with E-state index >= 15 is 0 Å². The van der Waals surface area contributed by atoms with E-state index in [0.717, 1.165) is 25.0 Å². The van der Waals surface area contributed by atoms with Crippen LogP contribution in [0.3, 0.4) is 0 Å². The highest BCUT2D eigenvalue weighted by Crippen LogP contribution is 2.31. The molecule has 9 heteroatoms. The van der Waals surface area contributed by atoms with E-state index in [4.69, 9.17) is 0 Å². The monoisotopic (exact) mass is 370 g/mol. The number of piperidine rings is 1. The Labute approximate surface area is 139 Å². The molecule has 0 aliphatic carbocycles. The first-order valence-electron chi connectivity index (χ1n) is 7.20. The lowest BCUT2D eigenvalue weighted by molar-refractivity contribution is -0.137. The van der Waals surface area contributed by atoms with Crippen molar-refractivity contribution in [3.8, 4) is 0 Å². The maximum atomic E-state index is 12.7. The SMILES string of the molecule is Cl.O=S(=O)(NC1CC2CCC(C1)N2)c1cccc(C(F)(F)F)c1. The van der Waals surface area contributed by atoms with Crippen LogP contribution in [0.25, 0.3) is 0 Å². The first kappa shape index (κ1) is 18.5. The number of nitrogens with one attached hydrogen (secondary N) is 2. The van der Waals surface area contributed by atoms with Crippen LogP contribution in [0.4, 0.5) is 13.2 Å². The summed E-state index contributed by atoms with van der Waals surface area (Å²) in [5, 5.41) is 3.39. The minimum Gasteiger partial charge on any atom is -0.311 e. The van der Waals surface area contributed by atoms with Crippen LogP contribution in [0, 0.1) is 0 Å². The number of rotatable bonds is 3. The Hall–Kier alpha value is -0.830. The van der Waals surface area contributed by atoms with Crippen molar-refractivity contribution in [2.24, 2.45) is 0 Å². The summed E-state index contributed by atoms with van der Waals surface area (Å²) in [5.41, 5.74) is -0.958. The standard InChI is InChI=1S/C14H17F3N2O2S.ClH/c15-14(16,17)9-2-1-3-13(6-9)22(20,21)19-12-7-10-4-5-11(8-12)18-10;/h1-3,6,10-12,18-19H,4-5,7-8H2;1H. The molecular weight excluding hydrogens is 353 g/mol. The van der Waals surface area contributed by atoms with Gasteiger partial charge in [-0.2, -0.15) is 13.2 Å². The van der Waals surface area contributed by atoms with E-state index in [-0.39, 0.29) is 23.3 Å². The van der Waals surface area contributed by atoms with E-state index in [2.05, 4.69) is 10.0 Å². The fourth-order valence-electron chi connectivity index (χ4n) is 3.28. The lowest BCUT2D eigenvalue weighted by Crippen LogP contribution is -2.47. The van der Waals surface area contributed by atoms with E-state index in [9.17, 15) is 21.6 Å². The Bertz CT molecular complexity index is 654. The fraction of sp³-hybridized carbons (Fsp3) is 0.571. The first-order valence-corrected chi connectivity index (χ1v) is 8.68. The summed E-state index contributed by atoms with van der Waals surface area (Å²) in [7, 11) is -3.94. The Morgan fingerprint density at radius 1 is 1.13 bits per heavy atom. The van der Waals surface area contributed by atoms with E-state index in [1.165, 1.54) is 6.07 Å². The second-order valence-electron chi connectivity index (χ2n) is 5.95. The van der Waals surface area contributed by atoms with Crippen molar-refractivity contribution in [2.75, 3.05) is 0 Å². The molecule has 2 aliphatic heterocycles. The van der Waals surface area contributed by atoms with Crippen LogP contribution in [0.5, 0.6) is 0 Å². The summed E-state index contributed by atoms with van der Waals surface area (Å²) in [6, 6.07) is 4.22. The van der Waals surface area contributed by atoms with Crippen molar-refractivity contribution in [1.82, 2.24) is 10.0 Å². The number of hydrogen-bond donors (Lipinski definition) is 2. The van der Waals surface area contributed by atoms with Gasteiger partial charge < -0.3 is 5.32 Å². The number of hydrogen-bond acceptors (Lipinski definition) is 3. The summed E-state index contributed by atoms with van der Waals surface area (Å²) in [5.74, 6) is 0. The van der Waals surface area contributed by atoms with Crippen molar-refractivity contribution in [2.45, 2.75) is 54.9 Å². The number of halogens is 4. The van der Waals surface area contributed by atoms with Crippen LogP contribution in [0.1, 0.15) is 31.2 Å². The van der Waals surface area contributed by atoms with Crippen molar-refractivity contribution in [1.29, 1.82) is 0 Å². The van der Waals surface area contributed by atoms with Gasteiger partial charge in [0.15, 0.2) is 0 Å². The van der Waals surface area contributed by atoms with Gasteiger partial charge in [0.2, 0.25) is 10.0 Å². The van der Waals surface area contributed by atoms with Crippen molar-refractivity contribution in [3.63, 3.8) is 0 Å². The van der Waals surface area contributed by atoms with Gasteiger partial charge in [0, 0.05) is 18.1 Å². The molecule has 2 saturated heterocycles. The van der Waals surface area contributed by atoms with Crippen LogP contribution in [-0.2, 0) is 16.2 Å². The fourth-order valence-corrected chi connectivity index (χ4v) is 4.59. The molecule has 0 radical (unpaired) electrons. The minimum absolute atomic E-state index is 0. The number of fused-ring (bicyclic) bond motifs is 2. The predicted octanol–water partition coefficient (Wildman–Crippen LogP) is 2.69. The highest BCUT2D eigenvalue weighted by Gasteiger charge is 2.36. The van der Waals surface area contributed by atoms with Crippen LogP contribution >= 0.6 is 12.4 Å². The van der Waals surface area contributed by atoms with Gasteiger partial charge in [0.05, 0.1) is 10.5 Å². The highest BCUT2D eigenvalue weighted by atomic mass is 35.5. The Kier molecular flexibility index (Phi) is 5.30. The predicted molar refractivity (Wildman–Crippen MR) is 82.0 cm³/mol. The van der Waals surface area contributed by atoms with E-state index in [1.54, 1.807) is 0 Å². The number of sulfonamides is 1. The summed E-state index contributed by atoms with van der Waals surface area (Å²) >= 11 is 0. The molecule has 2 atom stereocenters. The third-order valence-electron chi connectivity index (χ3n) is 4.27. The molecule has 0 saturated carbocycles. The van der Waals surface area contributed by atoms with Crippen molar-refractivity contribution < 1.29 is 21.6 Å². The quantitative estimate of drug-likeness (QED) is 0.860. The first-order chi connectivity index (χ1) is 10.2.